The number of rotatable bonds is 11. The van der Waals surface area contributed by atoms with Crippen LogP contribution in [0.1, 0.15) is 39.0 Å². The Hall–Kier alpha value is -2.25. The predicted octanol–water partition coefficient (Wildman–Crippen LogP) is 1.17. The third-order valence-electron chi connectivity index (χ3n) is 6.10. The lowest BCUT2D eigenvalue weighted by Crippen LogP contribution is -2.52. The minimum atomic E-state index is -4.08. The van der Waals surface area contributed by atoms with Crippen molar-refractivity contribution in [3.05, 3.63) is 24.3 Å². The molecule has 2 amide bonds. The van der Waals surface area contributed by atoms with Crippen molar-refractivity contribution in [2.24, 2.45) is 0 Å². The molecule has 0 saturated carbocycles. The zero-order chi connectivity index (χ0) is 24.6. The average molecular weight is 498 g/mol. The van der Waals surface area contributed by atoms with Crippen molar-refractivity contribution in [2.45, 2.75) is 45.1 Å². The highest BCUT2D eigenvalue weighted by atomic mass is 32.2. The van der Waals surface area contributed by atoms with Gasteiger partial charge < -0.3 is 15.0 Å². The molecule has 2 heterocycles. The molecule has 0 radical (unpaired) electrons. The molecular formula is C22H35N5O6S. The van der Waals surface area contributed by atoms with Gasteiger partial charge in [0.1, 0.15) is 6.04 Å². The number of amides is 2. The number of nitrogens with zero attached hydrogens (tertiary/aromatic N) is 3. The third-order valence-corrected chi connectivity index (χ3v) is 8.09. The minimum absolute atomic E-state index is 0.136. The molecule has 2 aliphatic rings. The highest BCUT2D eigenvalue weighted by Gasteiger charge is 2.42. The van der Waals surface area contributed by atoms with Gasteiger partial charge in [0.2, 0.25) is 5.91 Å². The summed E-state index contributed by atoms with van der Waals surface area (Å²) >= 11 is 0. The molecule has 3 N–H and O–H groups in total. The van der Waals surface area contributed by atoms with E-state index in [1.54, 1.807) is 12.1 Å². The number of hydrogen-bond donors (Lipinski definition) is 3. The number of hydroxylamine groups is 1. The molecule has 0 bridgehead atoms. The van der Waals surface area contributed by atoms with Gasteiger partial charge in [-0.3, -0.25) is 14.8 Å². The predicted molar refractivity (Wildman–Crippen MR) is 128 cm³/mol. The zero-order valence-electron chi connectivity index (χ0n) is 19.6. The highest BCUT2D eigenvalue weighted by molar-refractivity contribution is 7.86. The molecule has 11 nitrogen and oxygen atoms in total. The summed E-state index contributed by atoms with van der Waals surface area (Å²) in [5.74, 6) is -1.22. The first-order valence-corrected chi connectivity index (χ1v) is 13.2. The van der Waals surface area contributed by atoms with E-state index in [4.69, 9.17) is 9.94 Å². The van der Waals surface area contributed by atoms with Gasteiger partial charge in [-0.05, 0) is 43.5 Å². The van der Waals surface area contributed by atoms with E-state index in [0.29, 0.717) is 38.2 Å². The maximum atomic E-state index is 13.4. The van der Waals surface area contributed by atoms with Crippen LogP contribution in [0.5, 0.6) is 0 Å². The Labute approximate surface area is 201 Å². The summed E-state index contributed by atoms with van der Waals surface area (Å²) in [5, 5.41) is 11.7. The van der Waals surface area contributed by atoms with Gasteiger partial charge in [-0.1, -0.05) is 19.8 Å². The van der Waals surface area contributed by atoms with E-state index in [1.165, 1.54) is 9.79 Å². The average Bonchev–Trinajstić information content (AvgIpc) is 3.36. The van der Waals surface area contributed by atoms with Gasteiger partial charge in [-0.15, -0.1) is 0 Å². The lowest BCUT2D eigenvalue weighted by atomic mass is 10.2. The maximum absolute atomic E-state index is 13.4. The molecular weight excluding hydrogens is 462 g/mol. The van der Waals surface area contributed by atoms with Crippen LogP contribution < -0.4 is 15.7 Å². The van der Waals surface area contributed by atoms with Gasteiger partial charge in [-0.25, -0.2) is 5.48 Å². The lowest BCUT2D eigenvalue weighted by Gasteiger charge is -2.30. The number of nitrogens with one attached hydrogen (secondary N) is 2. The molecule has 1 aromatic carbocycles. The van der Waals surface area contributed by atoms with Crippen LogP contribution in [0.15, 0.2) is 24.3 Å². The van der Waals surface area contributed by atoms with Crippen LogP contribution in [0.25, 0.3) is 0 Å². The van der Waals surface area contributed by atoms with Crippen molar-refractivity contribution in [2.75, 3.05) is 56.2 Å². The van der Waals surface area contributed by atoms with Crippen LogP contribution in [0.2, 0.25) is 0 Å². The number of unbranched alkanes of at least 4 members (excludes halogenated alkanes) is 2. The molecule has 3 rings (SSSR count). The molecule has 2 fully saturated rings. The first-order valence-electron chi connectivity index (χ1n) is 11.8. The van der Waals surface area contributed by atoms with Gasteiger partial charge in [0.05, 0.1) is 19.8 Å². The Morgan fingerprint density at radius 2 is 1.85 bits per heavy atom. The van der Waals surface area contributed by atoms with Crippen molar-refractivity contribution in [1.82, 2.24) is 14.1 Å². The van der Waals surface area contributed by atoms with Crippen LogP contribution in [0.3, 0.4) is 0 Å². The van der Waals surface area contributed by atoms with E-state index in [0.717, 1.165) is 35.9 Å². The summed E-state index contributed by atoms with van der Waals surface area (Å²) in [6.07, 6.45) is 3.21. The summed E-state index contributed by atoms with van der Waals surface area (Å²) < 4.78 is 34.3. The summed E-state index contributed by atoms with van der Waals surface area (Å²) in [6, 6.07) is 6.59. The van der Waals surface area contributed by atoms with E-state index in [2.05, 4.69) is 10.2 Å². The molecule has 0 aliphatic carbocycles. The smallest absolute Gasteiger partial charge is 0.283 e. The maximum Gasteiger partial charge on any atom is 0.283 e. The minimum Gasteiger partial charge on any atom is -0.378 e. The fraction of sp³-hybridized carbons (Fsp3) is 0.636. The van der Waals surface area contributed by atoms with E-state index in [-0.39, 0.29) is 13.1 Å². The molecule has 1 unspecified atom stereocenters. The van der Waals surface area contributed by atoms with E-state index in [1.807, 2.05) is 19.1 Å². The number of ether oxygens (including phenoxy) is 1. The normalized spacial score (nSPS) is 19.4. The van der Waals surface area contributed by atoms with Gasteiger partial charge in [0.25, 0.3) is 16.1 Å². The number of anilines is 2. The van der Waals surface area contributed by atoms with Gasteiger partial charge in [0.15, 0.2) is 0 Å². The van der Waals surface area contributed by atoms with Crippen molar-refractivity contribution < 1.29 is 28.0 Å². The monoisotopic (exact) mass is 497 g/mol. The number of benzene rings is 1. The molecule has 1 atom stereocenters. The van der Waals surface area contributed by atoms with Gasteiger partial charge in [0, 0.05) is 37.6 Å². The standard InChI is InChI=1S/C22H35N5O6S/c1-2-3-4-11-26(17-21(28)24-30)34(31,32)27-12-5-6-20(27)22(29)23-18-7-9-19(10-8-18)25-13-15-33-16-14-25/h7-10,20,30H,2-6,11-17H2,1H3,(H,23,29)(H,24,28). The Bertz CT molecular complexity index is 920. The summed E-state index contributed by atoms with van der Waals surface area (Å²) in [6.45, 7) is 4.80. The fourth-order valence-corrected chi connectivity index (χ4v) is 6.06. The quantitative estimate of drug-likeness (QED) is 0.238. The number of morpholine rings is 1. The molecule has 1 aromatic rings. The Balaban J connectivity index is 1.68. The first kappa shape index (κ1) is 26.4. The number of carbonyl (C=O) groups excluding carboxylic acids is 2. The largest absolute Gasteiger partial charge is 0.378 e. The van der Waals surface area contributed by atoms with E-state index < -0.39 is 34.6 Å². The molecule has 0 spiro atoms. The Morgan fingerprint density at radius 3 is 2.50 bits per heavy atom. The highest BCUT2D eigenvalue weighted by Crippen LogP contribution is 2.26. The molecule has 0 aromatic heterocycles. The van der Waals surface area contributed by atoms with Crippen LogP contribution in [0, 0.1) is 0 Å². The SMILES string of the molecule is CCCCCN(CC(=O)NO)S(=O)(=O)N1CCCC1C(=O)Nc1ccc(N2CCOCC2)cc1. The van der Waals surface area contributed by atoms with E-state index in [9.17, 15) is 18.0 Å². The zero-order valence-corrected chi connectivity index (χ0v) is 20.4. The van der Waals surface area contributed by atoms with Crippen molar-refractivity contribution >= 4 is 33.4 Å². The topological polar surface area (TPSA) is 132 Å². The van der Waals surface area contributed by atoms with Crippen molar-refractivity contribution in [3.63, 3.8) is 0 Å². The summed E-state index contributed by atoms with van der Waals surface area (Å²) in [7, 11) is -4.08. The second kappa shape index (κ2) is 12.5. The molecule has 2 saturated heterocycles. The Morgan fingerprint density at radius 1 is 1.15 bits per heavy atom. The first-order chi connectivity index (χ1) is 16.4. The number of carbonyl (C=O) groups is 2. The van der Waals surface area contributed by atoms with Crippen molar-refractivity contribution in [3.8, 4) is 0 Å². The van der Waals surface area contributed by atoms with E-state index >= 15 is 0 Å². The van der Waals surface area contributed by atoms with Gasteiger partial charge in [-0.2, -0.15) is 17.0 Å². The van der Waals surface area contributed by atoms with Crippen LogP contribution >= 0.6 is 0 Å². The van der Waals surface area contributed by atoms with Gasteiger partial charge >= 0.3 is 0 Å². The molecule has 34 heavy (non-hydrogen) atoms. The Kier molecular flexibility index (Phi) is 9.65. The molecule has 12 heteroatoms. The second-order valence-electron chi connectivity index (χ2n) is 8.49. The fourth-order valence-electron chi connectivity index (χ4n) is 4.24. The van der Waals surface area contributed by atoms with Crippen LogP contribution in [-0.2, 0) is 24.5 Å². The third kappa shape index (κ3) is 6.66. The van der Waals surface area contributed by atoms with Crippen LogP contribution in [0.4, 0.5) is 11.4 Å². The van der Waals surface area contributed by atoms with Crippen molar-refractivity contribution in [1.29, 1.82) is 0 Å². The molecule has 190 valence electrons. The summed E-state index contributed by atoms with van der Waals surface area (Å²) in [4.78, 5) is 27.0. The molecule has 2 aliphatic heterocycles. The van der Waals surface area contributed by atoms with Crippen LogP contribution in [-0.4, -0.2) is 86.0 Å². The summed E-state index contributed by atoms with van der Waals surface area (Å²) in [5.41, 5.74) is 3.12. The second-order valence-corrected chi connectivity index (χ2v) is 10.4. The number of hydrogen-bond acceptors (Lipinski definition) is 7. The lowest BCUT2D eigenvalue weighted by molar-refractivity contribution is -0.129.